The number of carbonyl (C=O) groups excluding carboxylic acids is 1. The van der Waals surface area contributed by atoms with Crippen molar-refractivity contribution in [1.29, 1.82) is 0 Å². The van der Waals surface area contributed by atoms with Crippen LogP contribution in [0.25, 0.3) is 0 Å². The highest BCUT2D eigenvalue weighted by Gasteiger charge is 1.99. The zero-order valence-corrected chi connectivity index (χ0v) is 9.85. The lowest BCUT2D eigenvalue weighted by molar-refractivity contribution is -0.137. The van der Waals surface area contributed by atoms with E-state index in [4.69, 9.17) is 16.7 Å². The average molecular weight is 249 g/mol. The summed E-state index contributed by atoms with van der Waals surface area (Å²) in [5, 5.41) is 13.9. The molecule has 2 amide bonds. The van der Waals surface area contributed by atoms with Gasteiger partial charge in [0.05, 0.1) is 6.54 Å². The van der Waals surface area contributed by atoms with E-state index in [-0.39, 0.29) is 19.0 Å². The van der Waals surface area contributed by atoms with Crippen molar-refractivity contribution in [2.45, 2.75) is 25.7 Å². The van der Waals surface area contributed by atoms with E-state index in [0.717, 1.165) is 12.8 Å². The Bertz CT molecular complexity index is 256. The molecule has 0 atom stereocenters. The summed E-state index contributed by atoms with van der Waals surface area (Å²) in [6, 6.07) is -0.292. The highest BCUT2D eigenvalue weighted by molar-refractivity contribution is 6.29. The fraction of sp³-hybridized carbons (Fsp3) is 0.600. The van der Waals surface area contributed by atoms with E-state index in [1.807, 2.05) is 0 Å². The maximum absolute atomic E-state index is 11.1. The van der Waals surface area contributed by atoms with Crippen molar-refractivity contribution in [2.75, 3.05) is 13.1 Å². The van der Waals surface area contributed by atoms with Gasteiger partial charge in [0, 0.05) is 18.0 Å². The largest absolute Gasteiger partial charge is 0.481 e. The van der Waals surface area contributed by atoms with Gasteiger partial charge in [-0.2, -0.15) is 0 Å². The van der Waals surface area contributed by atoms with E-state index in [9.17, 15) is 9.59 Å². The molecular formula is C10H17ClN2O3. The first-order valence-electron chi connectivity index (χ1n) is 5.09. The quantitative estimate of drug-likeness (QED) is 0.572. The van der Waals surface area contributed by atoms with Crippen molar-refractivity contribution in [3.63, 3.8) is 0 Å². The van der Waals surface area contributed by atoms with Gasteiger partial charge in [0.15, 0.2) is 0 Å². The normalized spacial score (nSPS) is 9.56. The second-order valence-corrected chi connectivity index (χ2v) is 3.87. The van der Waals surface area contributed by atoms with Crippen molar-refractivity contribution in [3.05, 3.63) is 11.6 Å². The lowest BCUT2D eigenvalue weighted by Crippen LogP contribution is -2.36. The number of carboxylic acid groups (broad SMARTS) is 1. The first kappa shape index (κ1) is 14.8. The molecule has 0 aliphatic carbocycles. The minimum Gasteiger partial charge on any atom is -0.481 e. The summed E-state index contributed by atoms with van der Waals surface area (Å²) in [7, 11) is 0. The Kier molecular flexibility index (Phi) is 8.34. The van der Waals surface area contributed by atoms with E-state index in [2.05, 4.69) is 17.2 Å². The highest BCUT2D eigenvalue weighted by Crippen LogP contribution is 1.98. The summed E-state index contributed by atoms with van der Waals surface area (Å²) in [6.45, 7) is 4.20. The molecule has 0 aromatic heterocycles. The smallest absolute Gasteiger partial charge is 0.315 e. The molecular weight excluding hydrogens is 232 g/mol. The number of amides is 2. The van der Waals surface area contributed by atoms with Crippen LogP contribution >= 0.6 is 11.6 Å². The lowest BCUT2D eigenvalue weighted by Gasteiger charge is -2.06. The topological polar surface area (TPSA) is 78.4 Å². The number of nitrogens with one attached hydrogen (secondary N) is 2. The summed E-state index contributed by atoms with van der Waals surface area (Å²) < 4.78 is 0. The Morgan fingerprint density at radius 1 is 1.19 bits per heavy atom. The fourth-order valence-corrected chi connectivity index (χ4v) is 1.09. The van der Waals surface area contributed by atoms with Crippen LogP contribution in [0.3, 0.4) is 0 Å². The molecule has 0 fully saturated rings. The Balaban J connectivity index is 3.27. The van der Waals surface area contributed by atoms with Gasteiger partial charge in [0.2, 0.25) is 0 Å². The lowest BCUT2D eigenvalue weighted by atomic mass is 10.2. The van der Waals surface area contributed by atoms with Crippen LogP contribution < -0.4 is 10.6 Å². The summed E-state index contributed by atoms with van der Waals surface area (Å²) in [4.78, 5) is 21.3. The SMILES string of the molecule is C=C(Cl)CNC(=O)NCCCCCC(=O)O. The predicted octanol–water partition coefficient (Wildman–Crippen LogP) is 1.68. The molecule has 0 saturated carbocycles. The third kappa shape index (κ3) is 10.8. The highest BCUT2D eigenvalue weighted by atomic mass is 35.5. The van der Waals surface area contributed by atoms with Crippen LogP contribution in [0.2, 0.25) is 0 Å². The Hall–Kier alpha value is -1.23. The number of halogens is 1. The van der Waals surface area contributed by atoms with E-state index in [1.54, 1.807) is 0 Å². The molecule has 0 aliphatic heterocycles. The summed E-state index contributed by atoms with van der Waals surface area (Å²) in [6.07, 6.45) is 2.37. The number of carboxylic acids is 1. The zero-order chi connectivity index (χ0) is 12.4. The molecule has 0 bridgehead atoms. The molecule has 0 unspecified atom stereocenters. The first-order chi connectivity index (χ1) is 7.52. The molecule has 0 radical (unpaired) electrons. The molecule has 5 nitrogen and oxygen atoms in total. The second kappa shape index (κ2) is 9.03. The van der Waals surface area contributed by atoms with Crippen molar-refractivity contribution in [3.8, 4) is 0 Å². The number of hydrogen-bond donors (Lipinski definition) is 3. The van der Waals surface area contributed by atoms with Crippen LogP contribution in [0, 0.1) is 0 Å². The van der Waals surface area contributed by atoms with Gasteiger partial charge in [-0.15, -0.1) is 0 Å². The van der Waals surface area contributed by atoms with Gasteiger partial charge < -0.3 is 15.7 Å². The summed E-state index contributed by atoms with van der Waals surface area (Å²) in [5.74, 6) is -0.786. The Labute approximate surface area is 99.9 Å². The standard InChI is InChI=1S/C10H17ClN2O3/c1-8(11)7-13-10(16)12-6-4-2-3-5-9(14)15/h1-7H2,(H,14,15)(H2,12,13,16). The number of aliphatic carboxylic acids is 1. The fourth-order valence-electron chi connectivity index (χ4n) is 1.02. The minimum atomic E-state index is -0.786. The molecule has 0 saturated heterocycles. The van der Waals surface area contributed by atoms with Crippen molar-refractivity contribution >= 4 is 23.6 Å². The van der Waals surface area contributed by atoms with Crippen molar-refractivity contribution in [2.24, 2.45) is 0 Å². The minimum absolute atomic E-state index is 0.179. The number of urea groups is 1. The zero-order valence-electron chi connectivity index (χ0n) is 9.09. The van der Waals surface area contributed by atoms with E-state index < -0.39 is 5.97 Å². The third-order valence-corrected chi connectivity index (χ3v) is 1.93. The van der Waals surface area contributed by atoms with Crippen molar-refractivity contribution in [1.82, 2.24) is 10.6 Å². The monoisotopic (exact) mass is 248 g/mol. The molecule has 0 aromatic rings. The number of rotatable bonds is 8. The van der Waals surface area contributed by atoms with Gasteiger partial charge in [-0.1, -0.05) is 24.6 Å². The molecule has 92 valence electrons. The Morgan fingerprint density at radius 3 is 2.44 bits per heavy atom. The van der Waals surface area contributed by atoms with Crippen molar-refractivity contribution < 1.29 is 14.7 Å². The van der Waals surface area contributed by atoms with Gasteiger partial charge in [-0.3, -0.25) is 4.79 Å². The van der Waals surface area contributed by atoms with Gasteiger partial charge in [0.1, 0.15) is 0 Å². The molecule has 16 heavy (non-hydrogen) atoms. The van der Waals surface area contributed by atoms with Gasteiger partial charge >= 0.3 is 12.0 Å². The van der Waals surface area contributed by atoms with Crippen LogP contribution in [0.5, 0.6) is 0 Å². The number of carbonyl (C=O) groups is 2. The predicted molar refractivity (Wildman–Crippen MR) is 62.5 cm³/mol. The second-order valence-electron chi connectivity index (χ2n) is 3.33. The first-order valence-corrected chi connectivity index (χ1v) is 5.47. The molecule has 0 rings (SSSR count). The molecule has 3 N–H and O–H groups in total. The van der Waals surface area contributed by atoms with E-state index >= 15 is 0 Å². The number of hydrogen-bond acceptors (Lipinski definition) is 2. The summed E-state index contributed by atoms with van der Waals surface area (Å²) in [5.41, 5.74) is 0. The van der Waals surface area contributed by atoms with Crippen LogP contribution in [0.4, 0.5) is 4.79 Å². The molecule has 0 aliphatic rings. The third-order valence-electron chi connectivity index (χ3n) is 1.79. The van der Waals surface area contributed by atoms with Crippen LogP contribution in [-0.2, 0) is 4.79 Å². The maximum atomic E-state index is 11.1. The molecule has 6 heteroatoms. The molecule has 0 spiro atoms. The number of unbranched alkanes of at least 4 members (excludes halogenated alkanes) is 2. The Morgan fingerprint density at radius 2 is 1.88 bits per heavy atom. The molecule has 0 heterocycles. The summed E-state index contributed by atoms with van der Waals surface area (Å²) >= 11 is 5.46. The van der Waals surface area contributed by atoms with Crippen LogP contribution in [-0.4, -0.2) is 30.2 Å². The van der Waals surface area contributed by atoms with E-state index in [0.29, 0.717) is 18.0 Å². The van der Waals surface area contributed by atoms with Crippen LogP contribution in [0.15, 0.2) is 11.6 Å². The van der Waals surface area contributed by atoms with Crippen LogP contribution in [0.1, 0.15) is 25.7 Å². The maximum Gasteiger partial charge on any atom is 0.315 e. The van der Waals surface area contributed by atoms with Gasteiger partial charge in [0.25, 0.3) is 0 Å². The van der Waals surface area contributed by atoms with Gasteiger partial charge in [-0.25, -0.2) is 4.79 Å². The van der Waals surface area contributed by atoms with E-state index in [1.165, 1.54) is 0 Å². The molecule has 0 aromatic carbocycles. The average Bonchev–Trinajstić information content (AvgIpc) is 2.19. The van der Waals surface area contributed by atoms with Gasteiger partial charge in [-0.05, 0) is 12.8 Å².